The van der Waals surface area contributed by atoms with Gasteiger partial charge >= 0.3 is 0 Å². The summed E-state index contributed by atoms with van der Waals surface area (Å²) in [4.78, 5) is 12.4. The standard InChI is InChI=1S/C29H42BrNO2/c1-2-3-4-5-6-7-8-9-10-11-12-15-22-33-27-20-18-25(19-21-27)23-29(32)31-28-17-14-13-16-26(28)24-30/h13-14,16-21H,2-12,15,22-24H2,1H3,(H,31,32). The van der Waals surface area contributed by atoms with E-state index in [1.165, 1.54) is 70.6 Å². The van der Waals surface area contributed by atoms with Crippen molar-refractivity contribution >= 4 is 27.5 Å². The molecule has 0 aliphatic heterocycles. The van der Waals surface area contributed by atoms with E-state index in [9.17, 15) is 4.79 Å². The van der Waals surface area contributed by atoms with Gasteiger partial charge in [0.1, 0.15) is 5.75 Å². The predicted molar refractivity (Wildman–Crippen MR) is 144 cm³/mol. The normalized spacial score (nSPS) is 10.8. The van der Waals surface area contributed by atoms with E-state index >= 15 is 0 Å². The van der Waals surface area contributed by atoms with Crippen molar-refractivity contribution in [2.24, 2.45) is 0 Å². The van der Waals surface area contributed by atoms with Gasteiger partial charge in [-0.1, -0.05) is 124 Å². The Balaban J connectivity index is 1.52. The highest BCUT2D eigenvalue weighted by molar-refractivity contribution is 9.08. The molecule has 0 saturated heterocycles. The Morgan fingerprint density at radius 3 is 1.97 bits per heavy atom. The summed E-state index contributed by atoms with van der Waals surface area (Å²) in [7, 11) is 0. The molecular weight excluding hydrogens is 474 g/mol. The lowest BCUT2D eigenvalue weighted by Gasteiger charge is -2.10. The molecule has 2 aromatic rings. The first kappa shape index (κ1) is 27.4. The first-order valence-corrected chi connectivity index (χ1v) is 14.0. The van der Waals surface area contributed by atoms with E-state index in [0.717, 1.165) is 35.6 Å². The van der Waals surface area contributed by atoms with Gasteiger partial charge in [0.05, 0.1) is 13.0 Å². The fourth-order valence-electron chi connectivity index (χ4n) is 3.98. The molecule has 0 heterocycles. The zero-order valence-corrected chi connectivity index (χ0v) is 22.0. The van der Waals surface area contributed by atoms with E-state index < -0.39 is 0 Å². The Kier molecular flexibility index (Phi) is 14.7. The van der Waals surface area contributed by atoms with Crippen LogP contribution in [0.4, 0.5) is 5.69 Å². The van der Waals surface area contributed by atoms with Gasteiger partial charge in [-0.3, -0.25) is 4.79 Å². The lowest BCUT2D eigenvalue weighted by Crippen LogP contribution is -2.15. The number of hydrogen-bond acceptors (Lipinski definition) is 2. The lowest BCUT2D eigenvalue weighted by molar-refractivity contribution is -0.115. The average Bonchev–Trinajstić information content (AvgIpc) is 2.83. The number of ether oxygens (including phenoxy) is 1. The van der Waals surface area contributed by atoms with E-state index in [2.05, 4.69) is 28.2 Å². The first-order valence-electron chi connectivity index (χ1n) is 12.9. The van der Waals surface area contributed by atoms with Crippen LogP contribution in [0.25, 0.3) is 0 Å². The molecule has 0 unspecified atom stereocenters. The van der Waals surface area contributed by atoms with Crippen molar-refractivity contribution in [2.45, 2.75) is 95.7 Å². The van der Waals surface area contributed by atoms with Crippen LogP contribution in [0.2, 0.25) is 0 Å². The molecule has 0 saturated carbocycles. The number of carbonyl (C=O) groups excluding carboxylic acids is 1. The number of anilines is 1. The number of halogens is 1. The third-order valence-corrected chi connectivity index (χ3v) is 6.59. The topological polar surface area (TPSA) is 38.3 Å². The minimum atomic E-state index is -0.00596. The second-order valence-corrected chi connectivity index (χ2v) is 9.46. The molecule has 1 amide bonds. The van der Waals surface area contributed by atoms with Crippen LogP contribution >= 0.6 is 15.9 Å². The van der Waals surface area contributed by atoms with E-state index in [4.69, 9.17) is 4.74 Å². The molecule has 0 fully saturated rings. The molecule has 0 aromatic heterocycles. The highest BCUT2D eigenvalue weighted by Crippen LogP contribution is 2.19. The van der Waals surface area contributed by atoms with Gasteiger partial charge in [-0.25, -0.2) is 0 Å². The van der Waals surface area contributed by atoms with Crippen LogP contribution in [0.5, 0.6) is 5.75 Å². The Morgan fingerprint density at radius 2 is 1.36 bits per heavy atom. The summed E-state index contributed by atoms with van der Waals surface area (Å²) in [5, 5.41) is 3.72. The minimum absolute atomic E-state index is 0.00596. The summed E-state index contributed by atoms with van der Waals surface area (Å²) in [6.07, 6.45) is 16.6. The number of carbonyl (C=O) groups is 1. The van der Waals surface area contributed by atoms with Crippen molar-refractivity contribution in [3.05, 3.63) is 59.7 Å². The van der Waals surface area contributed by atoms with Gasteiger partial charge in [0, 0.05) is 11.0 Å². The van der Waals surface area contributed by atoms with Crippen LogP contribution in [-0.4, -0.2) is 12.5 Å². The summed E-state index contributed by atoms with van der Waals surface area (Å²) >= 11 is 3.46. The molecule has 2 aromatic carbocycles. The highest BCUT2D eigenvalue weighted by atomic mass is 79.9. The molecule has 0 spiro atoms. The molecule has 33 heavy (non-hydrogen) atoms. The monoisotopic (exact) mass is 515 g/mol. The van der Waals surface area contributed by atoms with E-state index in [-0.39, 0.29) is 5.91 Å². The summed E-state index contributed by atoms with van der Waals surface area (Å²) in [5.41, 5.74) is 2.93. The minimum Gasteiger partial charge on any atom is -0.494 e. The van der Waals surface area contributed by atoms with Gasteiger partial charge in [0.25, 0.3) is 0 Å². The quantitative estimate of drug-likeness (QED) is 0.159. The molecule has 0 aliphatic carbocycles. The SMILES string of the molecule is CCCCCCCCCCCCCCOc1ccc(CC(=O)Nc2ccccc2CBr)cc1. The molecule has 0 aliphatic rings. The molecule has 2 rings (SSSR count). The van der Waals surface area contributed by atoms with E-state index in [0.29, 0.717) is 11.8 Å². The molecule has 0 radical (unpaired) electrons. The summed E-state index contributed by atoms with van der Waals surface area (Å²) < 4.78 is 5.88. The van der Waals surface area contributed by atoms with Gasteiger partial charge in [0.2, 0.25) is 5.91 Å². The number of amides is 1. The molecule has 1 N–H and O–H groups in total. The zero-order chi connectivity index (χ0) is 23.6. The molecule has 0 atom stereocenters. The van der Waals surface area contributed by atoms with Crippen LogP contribution in [-0.2, 0) is 16.5 Å². The Morgan fingerprint density at radius 1 is 0.788 bits per heavy atom. The fourth-order valence-corrected chi connectivity index (χ4v) is 4.46. The summed E-state index contributed by atoms with van der Waals surface area (Å²) in [5.74, 6) is 0.875. The Bertz CT molecular complexity index is 775. The fraction of sp³-hybridized carbons (Fsp3) is 0.552. The molecule has 4 heteroatoms. The van der Waals surface area contributed by atoms with E-state index in [1.54, 1.807) is 0 Å². The molecular formula is C29H42BrNO2. The molecule has 3 nitrogen and oxygen atoms in total. The maximum Gasteiger partial charge on any atom is 0.228 e. The van der Waals surface area contributed by atoms with Crippen molar-refractivity contribution in [1.29, 1.82) is 0 Å². The maximum absolute atomic E-state index is 12.4. The van der Waals surface area contributed by atoms with Gasteiger partial charge in [0.15, 0.2) is 0 Å². The Hall–Kier alpha value is -1.81. The van der Waals surface area contributed by atoms with Gasteiger partial charge < -0.3 is 10.1 Å². The van der Waals surface area contributed by atoms with E-state index in [1.807, 2.05) is 48.5 Å². The number of alkyl halides is 1. The highest BCUT2D eigenvalue weighted by Gasteiger charge is 2.07. The second kappa shape index (κ2) is 17.6. The van der Waals surface area contributed by atoms with Gasteiger partial charge in [-0.05, 0) is 35.7 Å². The predicted octanol–water partition coefficient (Wildman–Crippen LogP) is 8.84. The van der Waals surface area contributed by atoms with Crippen LogP contribution in [0, 0.1) is 0 Å². The second-order valence-electron chi connectivity index (χ2n) is 8.90. The Labute approximate surface area is 209 Å². The smallest absolute Gasteiger partial charge is 0.228 e. The largest absolute Gasteiger partial charge is 0.494 e. The summed E-state index contributed by atoms with van der Waals surface area (Å²) in [6, 6.07) is 15.7. The lowest BCUT2D eigenvalue weighted by atomic mass is 10.1. The van der Waals surface area contributed by atoms with Crippen LogP contribution < -0.4 is 10.1 Å². The third kappa shape index (κ3) is 12.3. The van der Waals surface area contributed by atoms with Crippen molar-refractivity contribution in [1.82, 2.24) is 0 Å². The number of hydrogen-bond donors (Lipinski definition) is 1. The van der Waals surface area contributed by atoms with Gasteiger partial charge in [-0.15, -0.1) is 0 Å². The number of nitrogens with one attached hydrogen (secondary N) is 1. The van der Waals surface area contributed by atoms with Crippen LogP contribution in [0.3, 0.4) is 0 Å². The zero-order valence-electron chi connectivity index (χ0n) is 20.4. The number of rotatable bonds is 18. The molecule has 182 valence electrons. The van der Waals surface area contributed by atoms with Crippen molar-refractivity contribution < 1.29 is 9.53 Å². The number of unbranched alkanes of at least 4 members (excludes halogenated alkanes) is 11. The van der Waals surface area contributed by atoms with Crippen molar-refractivity contribution in [2.75, 3.05) is 11.9 Å². The van der Waals surface area contributed by atoms with Crippen molar-refractivity contribution in [3.63, 3.8) is 0 Å². The maximum atomic E-state index is 12.4. The van der Waals surface area contributed by atoms with Gasteiger partial charge in [-0.2, -0.15) is 0 Å². The summed E-state index contributed by atoms with van der Waals surface area (Å²) in [6.45, 7) is 3.04. The molecule has 0 bridgehead atoms. The average molecular weight is 517 g/mol. The number of benzene rings is 2. The van der Waals surface area contributed by atoms with Crippen molar-refractivity contribution in [3.8, 4) is 5.75 Å². The first-order chi connectivity index (χ1) is 16.2. The van der Waals surface area contributed by atoms with Crippen LogP contribution in [0.15, 0.2) is 48.5 Å². The third-order valence-electron chi connectivity index (χ3n) is 5.99. The number of para-hydroxylation sites is 1. The van der Waals surface area contributed by atoms with Crippen LogP contribution in [0.1, 0.15) is 95.1 Å².